The van der Waals surface area contributed by atoms with Gasteiger partial charge in [-0.1, -0.05) is 6.07 Å². The maximum absolute atomic E-state index is 5.93. The van der Waals surface area contributed by atoms with Gasteiger partial charge >= 0.3 is 0 Å². The topological polar surface area (TPSA) is 73.1 Å². The summed E-state index contributed by atoms with van der Waals surface area (Å²) >= 11 is 0. The first kappa shape index (κ1) is 21.7. The Morgan fingerprint density at radius 1 is 1.24 bits per heavy atom. The number of ether oxygens (including phenoxy) is 3. The smallest absolute Gasteiger partial charge is 0.194 e. The molecule has 9 heteroatoms. The Hall–Kier alpha value is -2.01. The number of nitrogens with zero attached hydrogens (tertiary/aromatic N) is 4. The van der Waals surface area contributed by atoms with E-state index in [1.54, 1.807) is 4.68 Å². The minimum absolute atomic E-state index is 0. The van der Waals surface area contributed by atoms with Gasteiger partial charge in [-0.25, -0.2) is 0 Å². The van der Waals surface area contributed by atoms with E-state index >= 15 is 0 Å². The predicted molar refractivity (Wildman–Crippen MR) is 121 cm³/mol. The number of fused-ring (bicyclic) bond motifs is 1. The number of benzene rings is 1. The molecule has 0 spiro atoms. The summed E-state index contributed by atoms with van der Waals surface area (Å²) in [6, 6.07) is 6.08. The molecule has 0 amide bonds. The van der Waals surface area contributed by atoms with Crippen molar-refractivity contribution in [2.75, 3.05) is 40.0 Å². The number of hydrogen-bond acceptors (Lipinski definition) is 5. The van der Waals surface area contributed by atoms with Crippen molar-refractivity contribution in [3.05, 3.63) is 41.7 Å². The lowest BCUT2D eigenvalue weighted by molar-refractivity contribution is -0.00805. The van der Waals surface area contributed by atoms with Crippen LogP contribution in [0.15, 0.2) is 35.6 Å². The van der Waals surface area contributed by atoms with Gasteiger partial charge in [-0.05, 0) is 17.7 Å². The Morgan fingerprint density at radius 3 is 2.83 bits per heavy atom. The molecule has 8 nitrogen and oxygen atoms in total. The van der Waals surface area contributed by atoms with Crippen LogP contribution in [0.4, 0.5) is 0 Å². The van der Waals surface area contributed by atoms with Gasteiger partial charge in [0.15, 0.2) is 17.5 Å². The van der Waals surface area contributed by atoms with Crippen LogP contribution in [0, 0.1) is 0 Å². The lowest BCUT2D eigenvalue weighted by atomic mass is 10.1. The third-order valence-electron chi connectivity index (χ3n) is 4.94. The van der Waals surface area contributed by atoms with E-state index in [0.717, 1.165) is 48.1 Å². The van der Waals surface area contributed by atoms with Crippen molar-refractivity contribution in [2.45, 2.75) is 19.1 Å². The molecule has 1 aromatic carbocycles. The quantitative estimate of drug-likeness (QED) is 0.386. The van der Waals surface area contributed by atoms with Gasteiger partial charge in [0.2, 0.25) is 0 Å². The van der Waals surface area contributed by atoms with Crippen molar-refractivity contribution in [1.29, 1.82) is 0 Å². The summed E-state index contributed by atoms with van der Waals surface area (Å²) in [5.74, 6) is 2.50. The van der Waals surface area contributed by atoms with Crippen LogP contribution >= 0.6 is 24.0 Å². The lowest BCUT2D eigenvalue weighted by Crippen LogP contribution is -2.47. The maximum atomic E-state index is 5.93. The number of nitrogens with one attached hydrogen (secondary N) is 1. The van der Waals surface area contributed by atoms with Crippen LogP contribution in [0.2, 0.25) is 0 Å². The number of guanidine groups is 1. The zero-order valence-electron chi connectivity index (χ0n) is 16.8. The second-order valence-electron chi connectivity index (χ2n) is 6.99. The first-order chi connectivity index (χ1) is 13.7. The van der Waals surface area contributed by atoms with E-state index in [9.17, 15) is 0 Å². The summed E-state index contributed by atoms with van der Waals surface area (Å²) in [7, 11) is 3.73. The fourth-order valence-corrected chi connectivity index (χ4v) is 3.48. The summed E-state index contributed by atoms with van der Waals surface area (Å²) in [5, 5.41) is 7.71. The number of halogens is 1. The molecule has 1 N–H and O–H groups in total. The highest BCUT2D eigenvalue weighted by Crippen LogP contribution is 2.30. The molecule has 2 aliphatic rings. The van der Waals surface area contributed by atoms with Gasteiger partial charge in [0.1, 0.15) is 6.10 Å². The largest absolute Gasteiger partial charge is 0.490 e. The highest BCUT2D eigenvalue weighted by atomic mass is 127. The number of rotatable bonds is 3. The summed E-state index contributed by atoms with van der Waals surface area (Å²) in [4.78, 5) is 6.69. The SMILES string of the molecule is CN=C(NCc1ccc2c(c1)OCCCO2)N1CCOC(c2cnn(C)c2)C1.I. The molecule has 2 aromatic rings. The van der Waals surface area contributed by atoms with Gasteiger partial charge in [0, 0.05) is 45.4 Å². The number of aromatic nitrogens is 2. The monoisotopic (exact) mass is 513 g/mol. The van der Waals surface area contributed by atoms with Crippen molar-refractivity contribution in [3.8, 4) is 11.5 Å². The molecule has 1 atom stereocenters. The Kier molecular flexibility index (Phi) is 7.59. The normalized spacial score (nSPS) is 19.3. The molecule has 2 aliphatic heterocycles. The predicted octanol–water partition coefficient (Wildman–Crippen LogP) is 2.35. The molecule has 1 saturated heterocycles. The number of morpholine rings is 1. The van der Waals surface area contributed by atoms with Crippen LogP contribution in [0.25, 0.3) is 0 Å². The van der Waals surface area contributed by atoms with E-state index in [1.165, 1.54) is 0 Å². The molecule has 0 aliphatic carbocycles. The van der Waals surface area contributed by atoms with E-state index in [2.05, 4.69) is 26.4 Å². The zero-order valence-corrected chi connectivity index (χ0v) is 19.2. The Morgan fingerprint density at radius 2 is 2.07 bits per heavy atom. The van der Waals surface area contributed by atoms with Gasteiger partial charge in [-0.2, -0.15) is 5.10 Å². The molecular formula is C20H28IN5O3. The highest BCUT2D eigenvalue weighted by Gasteiger charge is 2.25. The van der Waals surface area contributed by atoms with Crippen molar-refractivity contribution < 1.29 is 14.2 Å². The summed E-state index contributed by atoms with van der Waals surface area (Å²) < 4.78 is 19.2. The molecule has 0 bridgehead atoms. The van der Waals surface area contributed by atoms with E-state index in [4.69, 9.17) is 14.2 Å². The second-order valence-corrected chi connectivity index (χ2v) is 6.99. The minimum Gasteiger partial charge on any atom is -0.490 e. The number of hydrogen-bond donors (Lipinski definition) is 1. The van der Waals surface area contributed by atoms with E-state index in [1.807, 2.05) is 38.6 Å². The lowest BCUT2D eigenvalue weighted by Gasteiger charge is -2.34. The van der Waals surface area contributed by atoms with Crippen LogP contribution in [0.1, 0.15) is 23.7 Å². The second kappa shape index (κ2) is 10.1. The van der Waals surface area contributed by atoms with Crippen molar-refractivity contribution in [3.63, 3.8) is 0 Å². The van der Waals surface area contributed by atoms with Crippen molar-refractivity contribution >= 4 is 29.9 Å². The third-order valence-corrected chi connectivity index (χ3v) is 4.94. The molecule has 1 unspecified atom stereocenters. The Labute approximate surface area is 188 Å². The van der Waals surface area contributed by atoms with Crippen molar-refractivity contribution in [2.24, 2.45) is 12.0 Å². The molecule has 158 valence electrons. The van der Waals surface area contributed by atoms with Crippen LogP contribution in [0.5, 0.6) is 11.5 Å². The van der Waals surface area contributed by atoms with Crippen LogP contribution in [-0.4, -0.2) is 60.6 Å². The zero-order chi connectivity index (χ0) is 19.3. The molecule has 0 saturated carbocycles. The molecule has 3 heterocycles. The van der Waals surface area contributed by atoms with E-state index in [0.29, 0.717) is 26.4 Å². The van der Waals surface area contributed by atoms with E-state index in [-0.39, 0.29) is 30.1 Å². The molecular weight excluding hydrogens is 485 g/mol. The summed E-state index contributed by atoms with van der Waals surface area (Å²) in [6.45, 7) is 4.26. The molecule has 1 fully saturated rings. The van der Waals surface area contributed by atoms with Crippen molar-refractivity contribution in [1.82, 2.24) is 20.0 Å². The first-order valence-corrected chi connectivity index (χ1v) is 9.67. The average molecular weight is 513 g/mol. The van der Waals surface area contributed by atoms with Gasteiger partial charge in [0.25, 0.3) is 0 Å². The van der Waals surface area contributed by atoms with Crippen LogP contribution in [0.3, 0.4) is 0 Å². The summed E-state index contributed by atoms with van der Waals surface area (Å²) in [5.41, 5.74) is 2.22. The standard InChI is InChI=1S/C20H27N5O3.HI/c1-21-20(25-6-9-28-19(14-25)16-12-23-24(2)13-16)22-11-15-4-5-17-18(10-15)27-8-3-7-26-17;/h4-5,10,12-13,19H,3,6-9,11,14H2,1-2H3,(H,21,22);1H. The number of aliphatic imine (C=N–C) groups is 1. The first-order valence-electron chi connectivity index (χ1n) is 9.67. The summed E-state index contributed by atoms with van der Waals surface area (Å²) in [6.07, 6.45) is 4.77. The molecule has 1 aromatic heterocycles. The van der Waals surface area contributed by atoms with Crippen LogP contribution < -0.4 is 14.8 Å². The fourth-order valence-electron chi connectivity index (χ4n) is 3.48. The minimum atomic E-state index is -0.000886. The van der Waals surface area contributed by atoms with Gasteiger partial charge in [-0.15, -0.1) is 24.0 Å². The van der Waals surface area contributed by atoms with Gasteiger partial charge < -0.3 is 24.4 Å². The van der Waals surface area contributed by atoms with Gasteiger partial charge in [0.05, 0.1) is 32.6 Å². The molecule has 4 rings (SSSR count). The number of aryl methyl sites for hydroxylation is 1. The molecule has 29 heavy (non-hydrogen) atoms. The van der Waals surface area contributed by atoms with Crippen LogP contribution in [-0.2, 0) is 18.3 Å². The fraction of sp³-hybridized carbons (Fsp3) is 0.500. The third kappa shape index (κ3) is 5.33. The Bertz CT molecular complexity index is 841. The average Bonchev–Trinajstić information content (AvgIpc) is 3.02. The molecule has 0 radical (unpaired) electrons. The maximum Gasteiger partial charge on any atom is 0.194 e. The Balaban J connectivity index is 0.00000240. The van der Waals surface area contributed by atoms with E-state index < -0.39 is 0 Å². The highest BCUT2D eigenvalue weighted by molar-refractivity contribution is 14.0. The van der Waals surface area contributed by atoms with Gasteiger partial charge in [-0.3, -0.25) is 9.67 Å².